The van der Waals surface area contributed by atoms with Crippen molar-refractivity contribution in [3.8, 4) is 0 Å². The Balaban J connectivity index is 1.87. The molecule has 0 amide bonds. The van der Waals surface area contributed by atoms with E-state index in [4.69, 9.17) is 4.74 Å². The summed E-state index contributed by atoms with van der Waals surface area (Å²) in [5.41, 5.74) is 3.34. The van der Waals surface area contributed by atoms with E-state index in [2.05, 4.69) is 37.5 Å². The van der Waals surface area contributed by atoms with E-state index in [1.807, 2.05) is 24.3 Å². The normalized spacial score (nSPS) is 10.8. The highest BCUT2D eigenvalue weighted by molar-refractivity contribution is 5.85. The van der Waals surface area contributed by atoms with Crippen LogP contribution in [0, 0.1) is 6.92 Å². The number of methoxy groups -OCH3 is 1. The largest absolute Gasteiger partial charge is 0.385 e. The zero-order valence-electron chi connectivity index (χ0n) is 13.8. The van der Waals surface area contributed by atoms with Crippen molar-refractivity contribution in [1.82, 2.24) is 19.9 Å². The molecule has 0 fully saturated rings. The van der Waals surface area contributed by atoms with Crippen LogP contribution in [-0.4, -0.2) is 40.2 Å². The molecule has 0 atom stereocenters. The molecular formula is C17H20N6O. The van der Waals surface area contributed by atoms with Gasteiger partial charge in [0, 0.05) is 38.3 Å². The van der Waals surface area contributed by atoms with Crippen molar-refractivity contribution in [1.29, 1.82) is 0 Å². The Morgan fingerprint density at radius 1 is 1.04 bits per heavy atom. The SMILES string of the molecule is COCCCNc1nc(Nc2ccc(C)cc2)c2nccnc2n1. The minimum absolute atomic E-state index is 0.522. The molecule has 0 aliphatic heterocycles. The van der Waals surface area contributed by atoms with E-state index in [-0.39, 0.29) is 0 Å². The Bertz CT molecular complexity index is 806. The van der Waals surface area contributed by atoms with Crippen LogP contribution in [0.2, 0.25) is 0 Å². The van der Waals surface area contributed by atoms with Crippen LogP contribution in [0.3, 0.4) is 0 Å². The zero-order valence-corrected chi connectivity index (χ0v) is 13.8. The maximum atomic E-state index is 5.05. The van der Waals surface area contributed by atoms with Crippen molar-refractivity contribution >= 4 is 28.6 Å². The van der Waals surface area contributed by atoms with Crippen LogP contribution in [0.15, 0.2) is 36.7 Å². The van der Waals surface area contributed by atoms with E-state index in [0.29, 0.717) is 29.5 Å². The molecule has 1 aromatic carbocycles. The number of nitrogens with zero attached hydrogens (tertiary/aromatic N) is 4. The fraction of sp³-hybridized carbons (Fsp3) is 0.294. The summed E-state index contributed by atoms with van der Waals surface area (Å²) < 4.78 is 5.05. The van der Waals surface area contributed by atoms with Gasteiger partial charge in [-0.15, -0.1) is 0 Å². The first-order chi connectivity index (χ1) is 11.8. The first kappa shape index (κ1) is 16.1. The third-order valence-corrected chi connectivity index (χ3v) is 3.46. The summed E-state index contributed by atoms with van der Waals surface area (Å²) in [7, 11) is 1.69. The predicted octanol–water partition coefficient (Wildman–Crippen LogP) is 2.92. The molecule has 2 heterocycles. The van der Waals surface area contributed by atoms with Crippen molar-refractivity contribution in [3.63, 3.8) is 0 Å². The van der Waals surface area contributed by atoms with Gasteiger partial charge in [-0.1, -0.05) is 17.7 Å². The van der Waals surface area contributed by atoms with Gasteiger partial charge in [-0.2, -0.15) is 9.97 Å². The van der Waals surface area contributed by atoms with E-state index >= 15 is 0 Å². The number of benzene rings is 1. The molecule has 0 unspecified atom stereocenters. The van der Waals surface area contributed by atoms with E-state index in [1.54, 1.807) is 19.5 Å². The van der Waals surface area contributed by atoms with Crippen LogP contribution in [0.5, 0.6) is 0 Å². The quantitative estimate of drug-likeness (QED) is 0.646. The van der Waals surface area contributed by atoms with Crippen LogP contribution < -0.4 is 10.6 Å². The molecule has 2 N–H and O–H groups in total. The lowest BCUT2D eigenvalue weighted by molar-refractivity contribution is 0.197. The van der Waals surface area contributed by atoms with E-state index in [9.17, 15) is 0 Å². The van der Waals surface area contributed by atoms with E-state index in [1.165, 1.54) is 5.56 Å². The predicted molar refractivity (Wildman–Crippen MR) is 94.6 cm³/mol. The van der Waals surface area contributed by atoms with E-state index in [0.717, 1.165) is 18.7 Å². The lowest BCUT2D eigenvalue weighted by atomic mass is 10.2. The number of aryl methyl sites for hydroxylation is 1. The minimum Gasteiger partial charge on any atom is -0.385 e. The van der Waals surface area contributed by atoms with Crippen molar-refractivity contribution in [3.05, 3.63) is 42.2 Å². The Morgan fingerprint density at radius 2 is 1.83 bits per heavy atom. The standard InChI is InChI=1S/C17H20N6O/c1-12-4-6-13(7-5-12)21-16-14-15(19-10-9-18-14)22-17(23-16)20-8-3-11-24-2/h4-7,9-10H,3,8,11H2,1-2H3,(H2,19,20,21,22,23). The van der Waals surface area contributed by atoms with Crippen LogP contribution in [0.4, 0.5) is 17.5 Å². The molecule has 7 heteroatoms. The lowest BCUT2D eigenvalue weighted by Gasteiger charge is -2.11. The molecule has 3 rings (SSSR count). The lowest BCUT2D eigenvalue weighted by Crippen LogP contribution is -2.09. The van der Waals surface area contributed by atoms with Gasteiger partial charge in [-0.05, 0) is 25.5 Å². The number of fused-ring (bicyclic) bond motifs is 1. The monoisotopic (exact) mass is 324 g/mol. The second-order valence-corrected chi connectivity index (χ2v) is 5.39. The molecule has 24 heavy (non-hydrogen) atoms. The van der Waals surface area contributed by atoms with Crippen molar-refractivity contribution in [2.24, 2.45) is 0 Å². The van der Waals surface area contributed by atoms with Crippen LogP contribution in [0.1, 0.15) is 12.0 Å². The highest BCUT2D eigenvalue weighted by atomic mass is 16.5. The minimum atomic E-state index is 0.522. The van der Waals surface area contributed by atoms with Gasteiger partial charge in [-0.3, -0.25) is 0 Å². The summed E-state index contributed by atoms with van der Waals surface area (Å²) in [6, 6.07) is 8.10. The third kappa shape index (κ3) is 3.94. The second-order valence-electron chi connectivity index (χ2n) is 5.39. The number of hydrogen-bond acceptors (Lipinski definition) is 7. The zero-order chi connectivity index (χ0) is 16.8. The first-order valence-corrected chi connectivity index (χ1v) is 7.81. The van der Waals surface area contributed by atoms with Gasteiger partial charge in [0.25, 0.3) is 0 Å². The van der Waals surface area contributed by atoms with Gasteiger partial charge >= 0.3 is 0 Å². The van der Waals surface area contributed by atoms with Crippen LogP contribution in [-0.2, 0) is 4.74 Å². The van der Waals surface area contributed by atoms with Gasteiger partial charge in [0.1, 0.15) is 0 Å². The summed E-state index contributed by atoms with van der Waals surface area (Å²) in [5.74, 6) is 1.15. The molecule has 0 aliphatic rings. The van der Waals surface area contributed by atoms with Gasteiger partial charge in [0.2, 0.25) is 5.95 Å². The average Bonchev–Trinajstić information content (AvgIpc) is 2.61. The maximum Gasteiger partial charge on any atom is 0.226 e. The number of hydrogen-bond donors (Lipinski definition) is 2. The number of rotatable bonds is 7. The van der Waals surface area contributed by atoms with Crippen LogP contribution >= 0.6 is 0 Å². The Morgan fingerprint density at radius 3 is 2.62 bits per heavy atom. The molecule has 7 nitrogen and oxygen atoms in total. The summed E-state index contributed by atoms with van der Waals surface area (Å²) >= 11 is 0. The van der Waals surface area contributed by atoms with E-state index < -0.39 is 0 Å². The molecule has 0 spiro atoms. The molecule has 0 radical (unpaired) electrons. The summed E-state index contributed by atoms with van der Waals surface area (Å²) in [4.78, 5) is 17.6. The van der Waals surface area contributed by atoms with Gasteiger partial charge < -0.3 is 15.4 Å². The van der Waals surface area contributed by atoms with Crippen molar-refractivity contribution in [2.45, 2.75) is 13.3 Å². The molecule has 0 bridgehead atoms. The Kier molecular flexibility index (Phi) is 5.12. The number of ether oxygens (including phenoxy) is 1. The topological polar surface area (TPSA) is 84.9 Å². The molecule has 124 valence electrons. The van der Waals surface area contributed by atoms with Gasteiger partial charge in [-0.25, -0.2) is 9.97 Å². The summed E-state index contributed by atoms with van der Waals surface area (Å²) in [6.45, 7) is 3.47. The summed E-state index contributed by atoms with van der Waals surface area (Å²) in [5, 5.41) is 6.49. The van der Waals surface area contributed by atoms with Crippen molar-refractivity contribution < 1.29 is 4.74 Å². The molecule has 0 aliphatic carbocycles. The Hall–Kier alpha value is -2.80. The second kappa shape index (κ2) is 7.65. The first-order valence-electron chi connectivity index (χ1n) is 7.81. The smallest absolute Gasteiger partial charge is 0.226 e. The summed E-state index contributed by atoms with van der Waals surface area (Å²) in [6.07, 6.45) is 4.14. The maximum absolute atomic E-state index is 5.05. The fourth-order valence-corrected chi connectivity index (χ4v) is 2.22. The fourth-order valence-electron chi connectivity index (χ4n) is 2.22. The Labute approximate surface area is 140 Å². The van der Waals surface area contributed by atoms with Crippen LogP contribution in [0.25, 0.3) is 11.2 Å². The number of anilines is 3. The van der Waals surface area contributed by atoms with Crippen molar-refractivity contribution in [2.75, 3.05) is 30.9 Å². The molecule has 0 saturated heterocycles. The molecule has 3 aromatic rings. The highest BCUT2D eigenvalue weighted by Crippen LogP contribution is 2.22. The number of nitrogens with one attached hydrogen (secondary N) is 2. The van der Waals surface area contributed by atoms with Gasteiger partial charge in [0.15, 0.2) is 17.0 Å². The average molecular weight is 324 g/mol. The molecule has 2 aromatic heterocycles. The molecular weight excluding hydrogens is 304 g/mol. The highest BCUT2D eigenvalue weighted by Gasteiger charge is 2.10. The molecule has 0 saturated carbocycles. The van der Waals surface area contributed by atoms with Gasteiger partial charge in [0.05, 0.1) is 0 Å². The number of aromatic nitrogens is 4. The third-order valence-electron chi connectivity index (χ3n) is 3.46.